The number of benzene rings is 1. The summed E-state index contributed by atoms with van der Waals surface area (Å²) in [6.45, 7) is 11.8. The van der Waals surface area contributed by atoms with E-state index in [1.54, 1.807) is 22.8 Å². The molecule has 9 heteroatoms. The van der Waals surface area contributed by atoms with Gasteiger partial charge in [0.05, 0.1) is 4.90 Å². The zero-order chi connectivity index (χ0) is 24.4. The van der Waals surface area contributed by atoms with Crippen LogP contribution in [0.15, 0.2) is 23.1 Å². The van der Waals surface area contributed by atoms with Crippen LogP contribution in [0.25, 0.3) is 0 Å². The average Bonchev–Trinajstić information content (AvgIpc) is 2.74. The molecule has 0 spiro atoms. The number of carbonyl (C=O) groups excluding carboxylic acids is 2. The van der Waals surface area contributed by atoms with Gasteiger partial charge in [0, 0.05) is 45.7 Å². The number of ether oxygens (including phenoxy) is 1. The Hall–Kier alpha value is -2.13. The van der Waals surface area contributed by atoms with Gasteiger partial charge >= 0.3 is 6.09 Å². The Balaban J connectivity index is 1.48. The van der Waals surface area contributed by atoms with Crippen LogP contribution in [0.2, 0.25) is 0 Å². The molecule has 0 saturated carbocycles. The maximum absolute atomic E-state index is 13.1. The summed E-state index contributed by atoms with van der Waals surface area (Å²) in [4.78, 5) is 28.9. The summed E-state index contributed by atoms with van der Waals surface area (Å²) >= 11 is 0. The first-order valence-corrected chi connectivity index (χ1v) is 13.1. The molecule has 2 aliphatic heterocycles. The molecule has 0 unspecified atom stereocenters. The number of carbonyl (C=O) groups is 2. The van der Waals surface area contributed by atoms with Crippen molar-refractivity contribution in [3.05, 3.63) is 29.3 Å². The number of likely N-dealkylation sites (tertiary alicyclic amines) is 1. The minimum Gasteiger partial charge on any atom is -0.444 e. The van der Waals surface area contributed by atoms with Gasteiger partial charge in [-0.2, -0.15) is 4.31 Å². The Morgan fingerprint density at radius 3 is 2.15 bits per heavy atom. The standard InChI is InChI=1S/C24H37N3O5S/c1-18-6-7-19(2)21(16-18)33(30,31)27-14-12-25(13-15-27)22(28)17-20-8-10-26(11-9-20)23(29)32-24(3,4)5/h6-7,16,20H,8-15,17H2,1-5H3. The number of aryl methyl sites for hydroxylation is 2. The van der Waals surface area contributed by atoms with Crippen molar-refractivity contribution in [1.29, 1.82) is 0 Å². The summed E-state index contributed by atoms with van der Waals surface area (Å²) in [7, 11) is -3.57. The van der Waals surface area contributed by atoms with Crippen molar-refractivity contribution in [3.8, 4) is 0 Å². The maximum Gasteiger partial charge on any atom is 0.410 e. The lowest BCUT2D eigenvalue weighted by molar-refractivity contribution is -0.133. The van der Waals surface area contributed by atoms with Crippen LogP contribution in [0.4, 0.5) is 4.79 Å². The van der Waals surface area contributed by atoms with Crippen LogP contribution >= 0.6 is 0 Å². The molecule has 0 atom stereocenters. The number of hydrogen-bond donors (Lipinski definition) is 0. The van der Waals surface area contributed by atoms with Gasteiger partial charge in [-0.15, -0.1) is 0 Å². The third-order valence-corrected chi connectivity index (χ3v) is 8.32. The highest BCUT2D eigenvalue weighted by Gasteiger charge is 2.33. The van der Waals surface area contributed by atoms with E-state index in [9.17, 15) is 18.0 Å². The van der Waals surface area contributed by atoms with Gasteiger partial charge in [0.15, 0.2) is 0 Å². The number of hydrogen-bond acceptors (Lipinski definition) is 5. The first-order valence-electron chi connectivity index (χ1n) is 11.7. The van der Waals surface area contributed by atoms with Gasteiger partial charge in [-0.3, -0.25) is 4.79 Å². The number of rotatable bonds is 4. The third-order valence-electron chi connectivity index (χ3n) is 6.28. The lowest BCUT2D eigenvalue weighted by Crippen LogP contribution is -2.51. The van der Waals surface area contributed by atoms with Gasteiger partial charge in [0.2, 0.25) is 15.9 Å². The maximum atomic E-state index is 13.1. The Kier molecular flexibility index (Phi) is 7.73. The number of amides is 2. The molecule has 8 nitrogen and oxygen atoms in total. The molecule has 184 valence electrons. The van der Waals surface area contributed by atoms with Crippen molar-refractivity contribution in [1.82, 2.24) is 14.1 Å². The van der Waals surface area contributed by atoms with Crippen molar-refractivity contribution in [3.63, 3.8) is 0 Å². The minimum atomic E-state index is -3.57. The van der Waals surface area contributed by atoms with E-state index in [0.29, 0.717) is 50.6 Å². The first kappa shape index (κ1) is 25.5. The predicted molar refractivity (Wildman–Crippen MR) is 126 cm³/mol. The quantitative estimate of drug-likeness (QED) is 0.662. The fourth-order valence-corrected chi connectivity index (χ4v) is 6.06. The Morgan fingerprint density at radius 2 is 1.58 bits per heavy atom. The second-order valence-electron chi connectivity index (χ2n) is 10.2. The van der Waals surface area contributed by atoms with Crippen LogP contribution in [-0.4, -0.2) is 79.4 Å². The minimum absolute atomic E-state index is 0.0644. The van der Waals surface area contributed by atoms with Gasteiger partial charge in [0.1, 0.15) is 5.60 Å². The Morgan fingerprint density at radius 1 is 0.970 bits per heavy atom. The molecule has 2 saturated heterocycles. The van der Waals surface area contributed by atoms with Crippen molar-refractivity contribution < 1.29 is 22.7 Å². The first-order chi connectivity index (χ1) is 15.4. The molecule has 33 heavy (non-hydrogen) atoms. The lowest BCUT2D eigenvalue weighted by atomic mass is 9.93. The summed E-state index contributed by atoms with van der Waals surface area (Å²) in [6, 6.07) is 5.45. The molecule has 0 N–H and O–H groups in total. The molecule has 2 heterocycles. The predicted octanol–water partition coefficient (Wildman–Crippen LogP) is 3.17. The highest BCUT2D eigenvalue weighted by atomic mass is 32.2. The fraction of sp³-hybridized carbons (Fsp3) is 0.667. The lowest BCUT2D eigenvalue weighted by Gasteiger charge is -2.36. The van der Waals surface area contributed by atoms with Gasteiger partial charge in [-0.1, -0.05) is 12.1 Å². The summed E-state index contributed by atoms with van der Waals surface area (Å²) < 4.78 is 33.1. The summed E-state index contributed by atoms with van der Waals surface area (Å²) in [6.07, 6.45) is 1.68. The monoisotopic (exact) mass is 479 g/mol. The molecule has 0 aromatic heterocycles. The molecule has 0 bridgehead atoms. The molecule has 2 aliphatic rings. The summed E-state index contributed by atoms with van der Waals surface area (Å²) in [5.74, 6) is 0.294. The largest absolute Gasteiger partial charge is 0.444 e. The number of piperazine rings is 1. The summed E-state index contributed by atoms with van der Waals surface area (Å²) in [5, 5.41) is 0. The SMILES string of the molecule is Cc1ccc(C)c(S(=O)(=O)N2CCN(C(=O)CC3CCN(C(=O)OC(C)(C)C)CC3)CC2)c1. The van der Waals surface area contributed by atoms with Crippen LogP contribution in [-0.2, 0) is 19.6 Å². The van der Waals surface area contributed by atoms with Crippen molar-refractivity contribution in [2.45, 2.75) is 64.4 Å². The van der Waals surface area contributed by atoms with Gasteiger partial charge in [0.25, 0.3) is 0 Å². The second kappa shape index (κ2) is 10.0. The molecule has 3 rings (SSSR count). The van der Waals surface area contributed by atoms with E-state index in [0.717, 1.165) is 24.0 Å². The van der Waals surface area contributed by atoms with E-state index in [1.165, 1.54) is 4.31 Å². The van der Waals surface area contributed by atoms with Crippen LogP contribution < -0.4 is 0 Å². The van der Waals surface area contributed by atoms with E-state index in [1.807, 2.05) is 39.8 Å². The third kappa shape index (κ3) is 6.47. The zero-order valence-electron chi connectivity index (χ0n) is 20.5. The van der Waals surface area contributed by atoms with Crippen molar-refractivity contribution >= 4 is 22.0 Å². The fourth-order valence-electron chi connectivity index (χ4n) is 4.32. The van der Waals surface area contributed by atoms with E-state index >= 15 is 0 Å². The van der Waals surface area contributed by atoms with E-state index < -0.39 is 15.6 Å². The zero-order valence-corrected chi connectivity index (χ0v) is 21.3. The molecule has 1 aromatic rings. The molecular weight excluding hydrogens is 442 g/mol. The van der Waals surface area contributed by atoms with Gasteiger partial charge in [-0.25, -0.2) is 13.2 Å². The second-order valence-corrected chi connectivity index (χ2v) is 12.1. The van der Waals surface area contributed by atoms with E-state index in [4.69, 9.17) is 4.74 Å². The molecule has 2 fully saturated rings. The average molecular weight is 480 g/mol. The van der Waals surface area contributed by atoms with Crippen molar-refractivity contribution in [2.24, 2.45) is 5.92 Å². The number of sulfonamides is 1. The molecule has 0 aliphatic carbocycles. The van der Waals surface area contributed by atoms with E-state index in [-0.39, 0.29) is 17.9 Å². The molecular formula is C24H37N3O5S. The number of piperidine rings is 1. The Labute approximate surface area is 197 Å². The highest BCUT2D eigenvalue weighted by molar-refractivity contribution is 7.89. The van der Waals surface area contributed by atoms with Gasteiger partial charge < -0.3 is 14.5 Å². The normalized spacial score (nSPS) is 18.9. The van der Waals surface area contributed by atoms with Crippen LogP contribution in [0.1, 0.15) is 51.2 Å². The smallest absolute Gasteiger partial charge is 0.410 e. The van der Waals surface area contributed by atoms with Crippen LogP contribution in [0.3, 0.4) is 0 Å². The Bertz CT molecular complexity index is 970. The van der Waals surface area contributed by atoms with E-state index in [2.05, 4.69) is 0 Å². The van der Waals surface area contributed by atoms with Gasteiger partial charge in [-0.05, 0) is 70.6 Å². The highest BCUT2D eigenvalue weighted by Crippen LogP contribution is 2.25. The van der Waals surface area contributed by atoms with Crippen LogP contribution in [0.5, 0.6) is 0 Å². The topological polar surface area (TPSA) is 87.2 Å². The number of nitrogens with zero attached hydrogens (tertiary/aromatic N) is 3. The molecule has 1 aromatic carbocycles. The van der Waals surface area contributed by atoms with Crippen molar-refractivity contribution in [2.75, 3.05) is 39.3 Å². The molecule has 2 amide bonds. The molecule has 0 radical (unpaired) electrons. The summed E-state index contributed by atoms with van der Waals surface area (Å²) in [5.41, 5.74) is 1.12. The van der Waals surface area contributed by atoms with Crippen LogP contribution in [0, 0.1) is 19.8 Å².